The largest absolute Gasteiger partial charge is 0.394 e. The van der Waals surface area contributed by atoms with Gasteiger partial charge in [-0.3, -0.25) is 0 Å². The van der Waals surface area contributed by atoms with Gasteiger partial charge in [0.25, 0.3) is 0 Å². The van der Waals surface area contributed by atoms with Crippen LogP contribution in [0.2, 0.25) is 0 Å². The lowest BCUT2D eigenvalue weighted by molar-refractivity contribution is 0.248. The lowest BCUT2D eigenvalue weighted by atomic mass is 10.1. The summed E-state index contributed by atoms with van der Waals surface area (Å²) in [5.74, 6) is 0.645. The molecular formula is C10H14N4O. The van der Waals surface area contributed by atoms with E-state index in [9.17, 15) is 0 Å². The molecule has 0 spiro atoms. The molecular weight excluding hydrogens is 192 g/mol. The monoisotopic (exact) mass is 206 g/mol. The van der Waals surface area contributed by atoms with Crippen LogP contribution in [-0.4, -0.2) is 27.7 Å². The number of aliphatic hydroxyl groups is 1. The Morgan fingerprint density at radius 2 is 2.33 bits per heavy atom. The van der Waals surface area contributed by atoms with E-state index in [1.54, 1.807) is 0 Å². The molecule has 1 rings (SSSR count). The fraction of sp³-hybridized carbons (Fsp3) is 0.500. The fourth-order valence-corrected chi connectivity index (χ4v) is 1.08. The van der Waals surface area contributed by atoms with Gasteiger partial charge < -0.3 is 10.4 Å². The Balaban J connectivity index is 2.75. The minimum Gasteiger partial charge on any atom is -0.394 e. The lowest BCUT2D eigenvalue weighted by Crippen LogP contribution is -2.30. The predicted molar refractivity (Wildman–Crippen MR) is 56.1 cm³/mol. The number of anilines is 1. The molecule has 5 heteroatoms. The molecule has 2 N–H and O–H groups in total. The van der Waals surface area contributed by atoms with Gasteiger partial charge in [0.05, 0.1) is 12.6 Å². The molecule has 80 valence electrons. The normalized spacial score (nSPS) is 12.2. The zero-order chi connectivity index (χ0) is 11.3. The molecule has 0 aromatic carbocycles. The average molecular weight is 206 g/mol. The van der Waals surface area contributed by atoms with Gasteiger partial charge in [-0.05, 0) is 12.0 Å². The van der Waals surface area contributed by atoms with Crippen LogP contribution in [0.3, 0.4) is 0 Å². The van der Waals surface area contributed by atoms with Gasteiger partial charge in [0.2, 0.25) is 5.95 Å². The summed E-state index contributed by atoms with van der Waals surface area (Å²) < 4.78 is 0. The van der Waals surface area contributed by atoms with Crippen molar-refractivity contribution in [3.63, 3.8) is 0 Å². The standard InChI is InChI=1S/C10H14N4O/c1-7(2)9(6-15)14-10-12-4-3-8(5-11)13-10/h3-4,7,9,15H,6H2,1-2H3,(H,12,13,14). The highest BCUT2D eigenvalue weighted by molar-refractivity contribution is 5.31. The summed E-state index contributed by atoms with van der Waals surface area (Å²) in [5, 5.41) is 20.7. The number of aliphatic hydroxyl groups excluding tert-OH is 1. The molecule has 0 saturated heterocycles. The minimum atomic E-state index is -0.0982. The molecule has 0 bridgehead atoms. The van der Waals surface area contributed by atoms with Gasteiger partial charge >= 0.3 is 0 Å². The van der Waals surface area contributed by atoms with Crippen LogP contribution in [0.1, 0.15) is 19.5 Å². The molecule has 15 heavy (non-hydrogen) atoms. The van der Waals surface area contributed by atoms with E-state index in [4.69, 9.17) is 10.4 Å². The van der Waals surface area contributed by atoms with Crippen molar-refractivity contribution >= 4 is 5.95 Å². The number of rotatable bonds is 4. The molecule has 0 fully saturated rings. The van der Waals surface area contributed by atoms with Crippen molar-refractivity contribution in [1.82, 2.24) is 9.97 Å². The first-order valence-corrected chi connectivity index (χ1v) is 4.78. The van der Waals surface area contributed by atoms with Gasteiger partial charge in [0.15, 0.2) is 0 Å². The zero-order valence-corrected chi connectivity index (χ0v) is 8.81. The first-order valence-electron chi connectivity index (χ1n) is 4.78. The lowest BCUT2D eigenvalue weighted by Gasteiger charge is -2.19. The van der Waals surface area contributed by atoms with Crippen molar-refractivity contribution in [3.8, 4) is 6.07 Å². The summed E-state index contributed by atoms with van der Waals surface area (Å²) in [6.45, 7) is 3.99. The Bertz CT molecular complexity index is 359. The smallest absolute Gasteiger partial charge is 0.224 e. The van der Waals surface area contributed by atoms with Gasteiger partial charge in [-0.15, -0.1) is 0 Å². The van der Waals surface area contributed by atoms with Crippen molar-refractivity contribution in [2.45, 2.75) is 19.9 Å². The predicted octanol–water partition coefficient (Wildman–Crippen LogP) is 0.777. The van der Waals surface area contributed by atoms with Crippen LogP contribution >= 0.6 is 0 Å². The maximum Gasteiger partial charge on any atom is 0.224 e. The first kappa shape index (κ1) is 11.4. The summed E-state index contributed by atoms with van der Waals surface area (Å²) in [7, 11) is 0. The van der Waals surface area contributed by atoms with Crippen molar-refractivity contribution in [2.24, 2.45) is 5.92 Å². The van der Waals surface area contributed by atoms with E-state index in [0.29, 0.717) is 11.6 Å². The third-order valence-corrected chi connectivity index (χ3v) is 2.09. The van der Waals surface area contributed by atoms with E-state index in [0.717, 1.165) is 0 Å². The Kier molecular flexibility index (Phi) is 4.01. The molecule has 5 nitrogen and oxygen atoms in total. The topological polar surface area (TPSA) is 81.8 Å². The van der Waals surface area contributed by atoms with Crippen LogP contribution in [0.25, 0.3) is 0 Å². The molecule has 0 radical (unpaired) electrons. The second-order valence-corrected chi connectivity index (χ2v) is 3.55. The number of nitrogens with zero attached hydrogens (tertiary/aromatic N) is 3. The maximum atomic E-state index is 9.10. The number of nitriles is 1. The van der Waals surface area contributed by atoms with E-state index in [1.165, 1.54) is 12.3 Å². The van der Waals surface area contributed by atoms with Crippen LogP contribution in [0, 0.1) is 17.2 Å². The number of hydrogen-bond donors (Lipinski definition) is 2. The highest BCUT2D eigenvalue weighted by Gasteiger charge is 2.12. The summed E-state index contributed by atoms with van der Waals surface area (Å²) in [6, 6.07) is 3.37. The molecule has 0 amide bonds. The Morgan fingerprint density at radius 3 is 2.87 bits per heavy atom. The van der Waals surface area contributed by atoms with E-state index in [1.807, 2.05) is 19.9 Å². The van der Waals surface area contributed by atoms with Crippen LogP contribution in [0.5, 0.6) is 0 Å². The second-order valence-electron chi connectivity index (χ2n) is 3.55. The number of nitrogens with one attached hydrogen (secondary N) is 1. The van der Waals surface area contributed by atoms with Crippen molar-refractivity contribution in [2.75, 3.05) is 11.9 Å². The highest BCUT2D eigenvalue weighted by Crippen LogP contribution is 2.07. The average Bonchev–Trinajstić information content (AvgIpc) is 2.25. The molecule has 1 unspecified atom stereocenters. The Labute approximate surface area is 88.8 Å². The van der Waals surface area contributed by atoms with Crippen molar-refractivity contribution in [3.05, 3.63) is 18.0 Å². The summed E-state index contributed by atoms with van der Waals surface area (Å²) >= 11 is 0. The molecule has 1 atom stereocenters. The summed E-state index contributed by atoms with van der Waals surface area (Å²) in [5.41, 5.74) is 0.313. The molecule has 1 aromatic rings. The van der Waals surface area contributed by atoms with E-state index >= 15 is 0 Å². The van der Waals surface area contributed by atoms with Gasteiger partial charge in [0.1, 0.15) is 11.8 Å². The SMILES string of the molecule is CC(C)C(CO)Nc1nccc(C#N)n1. The zero-order valence-electron chi connectivity index (χ0n) is 8.81. The second kappa shape index (κ2) is 5.27. The van der Waals surface area contributed by atoms with Crippen molar-refractivity contribution in [1.29, 1.82) is 5.26 Å². The molecule has 0 aliphatic rings. The van der Waals surface area contributed by atoms with Crippen LogP contribution in [-0.2, 0) is 0 Å². The van der Waals surface area contributed by atoms with Crippen LogP contribution < -0.4 is 5.32 Å². The van der Waals surface area contributed by atoms with E-state index < -0.39 is 0 Å². The Morgan fingerprint density at radius 1 is 1.60 bits per heavy atom. The molecule has 0 aliphatic carbocycles. The Hall–Kier alpha value is -1.67. The maximum absolute atomic E-state index is 9.10. The van der Waals surface area contributed by atoms with E-state index in [2.05, 4.69) is 15.3 Å². The minimum absolute atomic E-state index is 0.0117. The third-order valence-electron chi connectivity index (χ3n) is 2.09. The quantitative estimate of drug-likeness (QED) is 0.760. The third kappa shape index (κ3) is 3.18. The first-order chi connectivity index (χ1) is 7.17. The molecule has 0 saturated carbocycles. The van der Waals surface area contributed by atoms with Gasteiger partial charge in [-0.25, -0.2) is 9.97 Å². The van der Waals surface area contributed by atoms with Gasteiger partial charge in [0, 0.05) is 6.20 Å². The van der Waals surface area contributed by atoms with Crippen LogP contribution in [0.4, 0.5) is 5.95 Å². The molecule has 1 heterocycles. The molecule has 1 aromatic heterocycles. The number of hydrogen-bond acceptors (Lipinski definition) is 5. The molecule has 0 aliphatic heterocycles. The van der Waals surface area contributed by atoms with E-state index in [-0.39, 0.29) is 18.6 Å². The van der Waals surface area contributed by atoms with Gasteiger partial charge in [-0.2, -0.15) is 5.26 Å². The highest BCUT2D eigenvalue weighted by atomic mass is 16.3. The summed E-state index contributed by atoms with van der Waals surface area (Å²) in [4.78, 5) is 7.94. The fourth-order valence-electron chi connectivity index (χ4n) is 1.08. The number of aromatic nitrogens is 2. The van der Waals surface area contributed by atoms with Crippen molar-refractivity contribution < 1.29 is 5.11 Å². The summed E-state index contributed by atoms with van der Waals surface area (Å²) in [6.07, 6.45) is 1.52. The van der Waals surface area contributed by atoms with Crippen LogP contribution in [0.15, 0.2) is 12.3 Å². The van der Waals surface area contributed by atoms with Gasteiger partial charge in [-0.1, -0.05) is 13.8 Å².